The van der Waals surface area contributed by atoms with Gasteiger partial charge in [0.05, 0.1) is 0 Å². The zero-order chi connectivity index (χ0) is 8.81. The quantitative estimate of drug-likeness (QED) is 0.620. The summed E-state index contributed by atoms with van der Waals surface area (Å²) in [7, 11) is 0. The van der Waals surface area contributed by atoms with Gasteiger partial charge in [-0.3, -0.25) is 0 Å². The van der Waals surface area contributed by atoms with Crippen LogP contribution in [0.3, 0.4) is 0 Å². The zero-order valence-corrected chi connectivity index (χ0v) is 8.34. The predicted molar refractivity (Wildman–Crippen MR) is 44.6 cm³/mol. The Morgan fingerprint density at radius 1 is 0.923 bits per heavy atom. The molecule has 13 heavy (non-hydrogen) atoms. The third kappa shape index (κ3) is 5.22. The van der Waals surface area contributed by atoms with Crippen molar-refractivity contribution >= 4 is 0 Å². The summed E-state index contributed by atoms with van der Waals surface area (Å²) < 4.78 is 0. The molecule has 0 aliphatic carbocycles. The molecule has 0 bridgehead atoms. The molecule has 5 heteroatoms. The van der Waals surface area contributed by atoms with Crippen LogP contribution in [0, 0.1) is 13.8 Å². The molecule has 0 spiro atoms. The minimum Gasteiger partial charge on any atom is -0.447 e. The third-order valence-electron chi connectivity index (χ3n) is 1.18. The van der Waals surface area contributed by atoms with Crippen LogP contribution in [0.2, 0.25) is 0 Å². The minimum absolute atomic E-state index is 0. The molecule has 0 aliphatic heterocycles. The molecule has 0 saturated heterocycles. The molecule has 0 aliphatic rings. The first kappa shape index (κ1) is 11.9. The molecule has 73 valence electrons. The molecule has 2 aromatic rings. The number of hydrogen-bond donors (Lipinski definition) is 0. The van der Waals surface area contributed by atoms with Crippen molar-refractivity contribution in [2.75, 3.05) is 0 Å². The fourth-order valence-corrected chi connectivity index (χ4v) is 0.631. The summed E-state index contributed by atoms with van der Waals surface area (Å²) in [5.41, 5.74) is 0. The Morgan fingerprint density at radius 2 is 1.31 bits per heavy atom. The van der Waals surface area contributed by atoms with Crippen molar-refractivity contribution in [2.45, 2.75) is 13.8 Å². The van der Waals surface area contributed by atoms with E-state index in [2.05, 4.69) is 19.9 Å². The molecule has 0 N–H and O–H groups in total. The van der Waals surface area contributed by atoms with Gasteiger partial charge in [-0.25, -0.2) is 0 Å². The summed E-state index contributed by atoms with van der Waals surface area (Å²) in [4.78, 5) is 15.2. The molecule has 0 atom stereocenters. The van der Waals surface area contributed by atoms with Gasteiger partial charge in [-0.1, -0.05) is 36.4 Å². The van der Waals surface area contributed by atoms with Gasteiger partial charge < -0.3 is 19.9 Å². The first-order chi connectivity index (χ1) is 5.79. The summed E-state index contributed by atoms with van der Waals surface area (Å²) in [5.74, 6) is 1.69. The van der Waals surface area contributed by atoms with Crippen molar-refractivity contribution in [3.05, 3.63) is 36.4 Å². The average molecular weight is 226 g/mol. The molecule has 2 aromatic heterocycles. The van der Waals surface area contributed by atoms with E-state index in [1.54, 1.807) is 24.8 Å². The van der Waals surface area contributed by atoms with Gasteiger partial charge in [0.1, 0.15) is 0 Å². The normalized spacial score (nSPS) is 8.15. The maximum absolute atomic E-state index is 3.81. The van der Waals surface area contributed by atoms with E-state index in [1.807, 2.05) is 13.8 Å². The smallest absolute Gasteiger partial charge is 0.447 e. The van der Waals surface area contributed by atoms with Crippen LogP contribution in [0.25, 0.3) is 0 Å². The number of nitrogens with zero attached hydrogens (tertiary/aromatic N) is 4. The molecule has 0 saturated carbocycles. The first-order valence-corrected chi connectivity index (χ1v) is 3.59. The van der Waals surface area contributed by atoms with Crippen LogP contribution >= 0.6 is 0 Å². The van der Waals surface area contributed by atoms with Gasteiger partial charge in [-0.05, 0) is 13.8 Å². The molecule has 0 unspecified atom stereocenters. The van der Waals surface area contributed by atoms with E-state index >= 15 is 0 Å². The summed E-state index contributed by atoms with van der Waals surface area (Å²) in [6.45, 7) is 3.72. The van der Waals surface area contributed by atoms with E-state index in [9.17, 15) is 0 Å². The van der Waals surface area contributed by atoms with Gasteiger partial charge in [0.15, 0.2) is 0 Å². The second-order valence-electron chi connectivity index (χ2n) is 2.21. The molecule has 2 rings (SSSR count). The van der Waals surface area contributed by atoms with Crippen LogP contribution in [-0.4, -0.2) is 9.97 Å². The molecule has 1 radical (unpaired) electrons. The van der Waals surface area contributed by atoms with Crippen LogP contribution in [0.15, 0.2) is 24.8 Å². The molecular weight excluding hydrogens is 216 g/mol. The van der Waals surface area contributed by atoms with Gasteiger partial charge in [0.2, 0.25) is 0 Å². The molecule has 0 aromatic carbocycles. The van der Waals surface area contributed by atoms with E-state index in [1.165, 1.54) is 0 Å². The topological polar surface area (TPSA) is 54.0 Å². The van der Waals surface area contributed by atoms with E-state index < -0.39 is 0 Å². The fourth-order valence-electron chi connectivity index (χ4n) is 0.631. The van der Waals surface area contributed by atoms with E-state index in [0.29, 0.717) is 0 Å². The third-order valence-corrected chi connectivity index (χ3v) is 1.18. The number of hydrogen-bond acceptors (Lipinski definition) is 2. The van der Waals surface area contributed by atoms with Crippen LogP contribution in [0.4, 0.5) is 0 Å². The van der Waals surface area contributed by atoms with E-state index in [0.717, 1.165) is 11.6 Å². The second-order valence-corrected chi connectivity index (χ2v) is 2.21. The zero-order valence-electron chi connectivity index (χ0n) is 7.40. The summed E-state index contributed by atoms with van der Waals surface area (Å²) >= 11 is 0. The van der Waals surface area contributed by atoms with Crippen molar-refractivity contribution in [3.63, 3.8) is 0 Å². The van der Waals surface area contributed by atoms with Crippen molar-refractivity contribution in [1.82, 2.24) is 19.9 Å². The Labute approximate surface area is 87.7 Å². The maximum atomic E-state index is 3.81. The van der Waals surface area contributed by atoms with Gasteiger partial charge in [-0.15, -0.1) is 0 Å². The van der Waals surface area contributed by atoms with Crippen LogP contribution in [-0.2, 0) is 17.1 Å². The summed E-state index contributed by atoms with van der Waals surface area (Å²) in [6, 6.07) is 0. The standard InChI is InChI=1S/2C4H5N2.Cu/c2*1-4-5-2-3-6-4;/h2*2-3H,1H3;/q2*-1;+2. The Balaban J connectivity index is 0.000000206. The van der Waals surface area contributed by atoms with Crippen LogP contribution in [0.1, 0.15) is 11.6 Å². The van der Waals surface area contributed by atoms with Gasteiger partial charge in [0, 0.05) is 0 Å². The predicted octanol–water partition coefficient (Wildman–Crippen LogP) is 0.692. The molecular formula is C8H10CuN4. The van der Waals surface area contributed by atoms with Crippen molar-refractivity contribution in [2.24, 2.45) is 0 Å². The molecule has 4 nitrogen and oxygen atoms in total. The Bertz CT molecular complexity index is 256. The number of aryl methyl sites for hydroxylation is 2. The Morgan fingerprint density at radius 3 is 1.38 bits per heavy atom. The van der Waals surface area contributed by atoms with E-state index in [-0.39, 0.29) is 17.1 Å². The van der Waals surface area contributed by atoms with Gasteiger partial charge >= 0.3 is 17.1 Å². The van der Waals surface area contributed by atoms with Gasteiger partial charge in [0.25, 0.3) is 0 Å². The van der Waals surface area contributed by atoms with Crippen LogP contribution < -0.4 is 9.97 Å². The maximum Gasteiger partial charge on any atom is 2.00 e. The SMILES string of the molecule is Cc1ncc[n-]1.Cc1ncc[n-]1.[Cu+2]. The second kappa shape index (κ2) is 6.45. The number of aromatic nitrogens is 4. The number of rotatable bonds is 0. The monoisotopic (exact) mass is 225 g/mol. The first-order valence-electron chi connectivity index (χ1n) is 3.59. The van der Waals surface area contributed by atoms with Crippen molar-refractivity contribution in [3.8, 4) is 0 Å². The molecule has 2 heterocycles. The van der Waals surface area contributed by atoms with Crippen molar-refractivity contribution in [1.29, 1.82) is 0 Å². The summed E-state index contributed by atoms with van der Waals surface area (Å²) in [6.07, 6.45) is 6.70. The fraction of sp³-hybridized carbons (Fsp3) is 0.250. The largest absolute Gasteiger partial charge is 2.00 e. The van der Waals surface area contributed by atoms with Crippen molar-refractivity contribution < 1.29 is 17.1 Å². The summed E-state index contributed by atoms with van der Waals surface area (Å²) in [5, 5.41) is 0. The van der Waals surface area contributed by atoms with Gasteiger partial charge in [-0.2, -0.15) is 0 Å². The van der Waals surface area contributed by atoms with E-state index in [4.69, 9.17) is 0 Å². The average Bonchev–Trinajstić information content (AvgIpc) is 2.63. The Kier molecular flexibility index (Phi) is 5.93. The Hall–Kier alpha value is -1.06. The number of imidazole rings is 2. The molecule has 0 fully saturated rings. The van der Waals surface area contributed by atoms with Crippen LogP contribution in [0.5, 0.6) is 0 Å². The minimum atomic E-state index is 0. The molecule has 0 amide bonds.